The maximum atomic E-state index is 12.3. The van der Waals surface area contributed by atoms with Crippen LogP contribution in [0.2, 0.25) is 0 Å². The minimum atomic E-state index is -0.950. The number of carbonyl (C=O) groups excluding carboxylic acids is 1. The molecule has 0 aliphatic carbocycles. The highest BCUT2D eigenvalue weighted by molar-refractivity contribution is 5.94. The number of rotatable bonds is 7. The second-order valence-corrected chi connectivity index (χ2v) is 6.79. The summed E-state index contributed by atoms with van der Waals surface area (Å²) in [7, 11) is 0. The molecule has 1 aliphatic heterocycles. The normalized spacial score (nSPS) is 16.0. The molecule has 7 heteroatoms. The second kappa shape index (κ2) is 9.75. The first-order valence-corrected chi connectivity index (χ1v) is 9.45. The Morgan fingerprint density at radius 3 is 2.14 bits per heavy atom. The number of anilines is 1. The Morgan fingerprint density at radius 1 is 0.929 bits per heavy atom. The van der Waals surface area contributed by atoms with Crippen molar-refractivity contribution in [3.05, 3.63) is 54.6 Å². The van der Waals surface area contributed by atoms with Gasteiger partial charge in [0, 0.05) is 5.69 Å². The van der Waals surface area contributed by atoms with Crippen LogP contribution in [0.15, 0.2) is 64.8 Å². The summed E-state index contributed by atoms with van der Waals surface area (Å²) in [4.78, 5) is 25.8. The highest BCUT2D eigenvalue weighted by Crippen LogP contribution is 2.21. The van der Waals surface area contributed by atoms with Crippen LogP contribution in [-0.4, -0.2) is 41.0 Å². The zero-order valence-corrected chi connectivity index (χ0v) is 15.6. The van der Waals surface area contributed by atoms with E-state index in [9.17, 15) is 14.7 Å². The average molecular weight is 380 g/mol. The van der Waals surface area contributed by atoms with Crippen LogP contribution in [-0.2, 0) is 9.59 Å². The summed E-state index contributed by atoms with van der Waals surface area (Å²) >= 11 is 0. The fourth-order valence-electron chi connectivity index (χ4n) is 3.21. The van der Waals surface area contributed by atoms with Gasteiger partial charge in [-0.15, -0.1) is 0 Å². The Balaban J connectivity index is 1.56. The zero-order valence-electron chi connectivity index (χ0n) is 15.6. The molecule has 28 heavy (non-hydrogen) atoms. The molecule has 2 aromatic carbocycles. The van der Waals surface area contributed by atoms with Crippen molar-refractivity contribution in [1.29, 1.82) is 0 Å². The molecule has 0 bridgehead atoms. The molecular weight excluding hydrogens is 356 g/mol. The Bertz CT molecular complexity index is 815. The van der Waals surface area contributed by atoms with E-state index >= 15 is 0 Å². The van der Waals surface area contributed by atoms with Gasteiger partial charge >= 0.3 is 5.97 Å². The molecule has 0 saturated carbocycles. The fraction of sp³-hybridized carbons (Fsp3) is 0.333. The van der Waals surface area contributed by atoms with Gasteiger partial charge in [0.25, 0.3) is 0 Å². The largest absolute Gasteiger partial charge is 0.480 e. The van der Waals surface area contributed by atoms with Crippen LogP contribution in [0.25, 0.3) is 0 Å². The number of carboxylic acid groups (broad SMARTS) is 1. The van der Waals surface area contributed by atoms with E-state index < -0.39 is 12.0 Å². The van der Waals surface area contributed by atoms with Gasteiger partial charge < -0.3 is 10.4 Å². The Hall–Kier alpha value is -3.06. The van der Waals surface area contributed by atoms with Crippen LogP contribution in [0.1, 0.15) is 25.7 Å². The van der Waals surface area contributed by atoms with Crippen molar-refractivity contribution in [2.24, 2.45) is 10.2 Å². The van der Waals surface area contributed by atoms with E-state index in [-0.39, 0.29) is 12.3 Å². The van der Waals surface area contributed by atoms with Crippen LogP contribution in [0, 0.1) is 0 Å². The summed E-state index contributed by atoms with van der Waals surface area (Å²) in [6, 6.07) is 15.6. The first kappa shape index (κ1) is 19.7. The van der Waals surface area contributed by atoms with E-state index in [1.165, 1.54) is 0 Å². The van der Waals surface area contributed by atoms with Crippen molar-refractivity contribution in [3.63, 3.8) is 0 Å². The van der Waals surface area contributed by atoms with Gasteiger partial charge in [0.05, 0.1) is 17.8 Å². The number of hydrogen-bond donors (Lipinski definition) is 2. The van der Waals surface area contributed by atoms with Gasteiger partial charge in [-0.3, -0.25) is 14.5 Å². The van der Waals surface area contributed by atoms with Crippen molar-refractivity contribution < 1.29 is 14.7 Å². The van der Waals surface area contributed by atoms with Gasteiger partial charge in [-0.1, -0.05) is 24.6 Å². The van der Waals surface area contributed by atoms with Crippen LogP contribution >= 0.6 is 0 Å². The van der Waals surface area contributed by atoms with E-state index in [1.807, 2.05) is 35.2 Å². The molecule has 2 aromatic rings. The Morgan fingerprint density at radius 2 is 1.54 bits per heavy atom. The van der Waals surface area contributed by atoms with Crippen LogP contribution in [0.4, 0.5) is 17.1 Å². The van der Waals surface area contributed by atoms with Gasteiger partial charge in [-0.25, -0.2) is 0 Å². The summed E-state index contributed by atoms with van der Waals surface area (Å²) in [6.07, 6.45) is 3.00. The molecule has 1 aliphatic rings. The number of benzene rings is 2. The molecule has 3 rings (SSSR count). The van der Waals surface area contributed by atoms with Crippen LogP contribution < -0.4 is 5.32 Å². The summed E-state index contributed by atoms with van der Waals surface area (Å²) in [5, 5.41) is 20.6. The van der Waals surface area contributed by atoms with Gasteiger partial charge in [0.2, 0.25) is 5.91 Å². The van der Waals surface area contributed by atoms with Gasteiger partial charge in [0.15, 0.2) is 0 Å². The quantitative estimate of drug-likeness (QED) is 0.697. The molecule has 0 spiro atoms. The van der Waals surface area contributed by atoms with E-state index in [0.717, 1.165) is 38.0 Å². The van der Waals surface area contributed by atoms with Crippen LogP contribution in [0.3, 0.4) is 0 Å². The smallest absolute Gasteiger partial charge is 0.321 e. The van der Waals surface area contributed by atoms with E-state index in [0.29, 0.717) is 11.4 Å². The van der Waals surface area contributed by atoms with E-state index in [1.54, 1.807) is 24.3 Å². The number of nitrogens with zero attached hydrogens (tertiary/aromatic N) is 3. The zero-order chi connectivity index (χ0) is 19.8. The molecule has 1 amide bonds. The number of carbonyl (C=O) groups is 2. The summed E-state index contributed by atoms with van der Waals surface area (Å²) in [6.45, 7) is 1.46. The fourth-order valence-corrected chi connectivity index (χ4v) is 3.21. The van der Waals surface area contributed by atoms with Crippen molar-refractivity contribution in [2.45, 2.75) is 31.7 Å². The third-order valence-corrected chi connectivity index (χ3v) is 4.68. The SMILES string of the molecule is O=C(CC(C(=O)O)N1CCCCC1)Nc1ccc(N=Nc2ccccc2)cc1. The lowest BCUT2D eigenvalue weighted by atomic mass is 10.1. The van der Waals surface area contributed by atoms with Crippen LogP contribution in [0.5, 0.6) is 0 Å². The standard InChI is InChI=1S/C21H24N4O3/c26-20(15-19(21(27)28)25-13-5-2-6-14-25)22-16-9-11-18(12-10-16)24-23-17-7-3-1-4-8-17/h1,3-4,7-12,19H,2,5-6,13-15H2,(H,22,26)(H,27,28). The molecule has 146 valence electrons. The average Bonchev–Trinajstić information content (AvgIpc) is 2.73. The number of amides is 1. The Labute approximate surface area is 164 Å². The third-order valence-electron chi connectivity index (χ3n) is 4.68. The van der Waals surface area contributed by atoms with E-state index in [4.69, 9.17) is 0 Å². The maximum Gasteiger partial charge on any atom is 0.321 e. The maximum absolute atomic E-state index is 12.3. The molecule has 0 aromatic heterocycles. The van der Waals surface area contributed by atoms with Crippen molar-refractivity contribution in [1.82, 2.24) is 4.90 Å². The number of aliphatic carboxylic acids is 1. The monoisotopic (exact) mass is 380 g/mol. The summed E-state index contributed by atoms with van der Waals surface area (Å²) in [5.41, 5.74) is 2.03. The number of azo groups is 1. The number of hydrogen-bond acceptors (Lipinski definition) is 5. The van der Waals surface area contributed by atoms with E-state index in [2.05, 4.69) is 15.5 Å². The molecule has 1 saturated heterocycles. The predicted octanol–water partition coefficient (Wildman–Crippen LogP) is 4.37. The van der Waals surface area contributed by atoms with Gasteiger partial charge in [0.1, 0.15) is 6.04 Å². The van der Waals surface area contributed by atoms with Crippen molar-refractivity contribution >= 4 is 28.9 Å². The number of nitrogens with one attached hydrogen (secondary N) is 1. The first-order valence-electron chi connectivity index (χ1n) is 9.45. The molecule has 2 N–H and O–H groups in total. The lowest BCUT2D eigenvalue weighted by molar-refractivity contribution is -0.145. The highest BCUT2D eigenvalue weighted by Gasteiger charge is 2.29. The molecule has 1 fully saturated rings. The second-order valence-electron chi connectivity index (χ2n) is 6.79. The van der Waals surface area contributed by atoms with Gasteiger partial charge in [-0.2, -0.15) is 10.2 Å². The van der Waals surface area contributed by atoms with Crippen molar-refractivity contribution in [2.75, 3.05) is 18.4 Å². The molecule has 1 heterocycles. The third kappa shape index (κ3) is 5.72. The lowest BCUT2D eigenvalue weighted by Crippen LogP contribution is -2.45. The van der Waals surface area contributed by atoms with Crippen molar-refractivity contribution in [3.8, 4) is 0 Å². The number of carboxylic acids is 1. The molecule has 1 unspecified atom stereocenters. The topological polar surface area (TPSA) is 94.4 Å². The minimum Gasteiger partial charge on any atom is -0.480 e. The number of piperidine rings is 1. The van der Waals surface area contributed by atoms with Gasteiger partial charge in [-0.05, 0) is 62.3 Å². The summed E-state index contributed by atoms with van der Waals surface area (Å²) < 4.78 is 0. The Kier molecular flexibility index (Phi) is 6.86. The first-order chi connectivity index (χ1) is 13.6. The molecule has 1 atom stereocenters. The molecule has 0 radical (unpaired) electrons. The molecule has 7 nitrogen and oxygen atoms in total. The minimum absolute atomic E-state index is 0.0647. The molecular formula is C21H24N4O3. The predicted molar refractivity (Wildman–Crippen MR) is 107 cm³/mol. The highest BCUT2D eigenvalue weighted by atomic mass is 16.4. The summed E-state index contributed by atoms with van der Waals surface area (Å²) in [5.74, 6) is -1.26. The number of likely N-dealkylation sites (tertiary alicyclic amines) is 1. The lowest BCUT2D eigenvalue weighted by Gasteiger charge is -2.31.